The van der Waals surface area contributed by atoms with Crippen LogP contribution >= 0.6 is 11.6 Å². The molecule has 0 aromatic heterocycles. The van der Waals surface area contributed by atoms with E-state index in [1.165, 1.54) is 4.90 Å². The average molecular weight is 302 g/mol. The number of fused-ring (bicyclic) bond motifs is 1. The SMILES string of the molecule is Cc1ccc(Cl)cc1N1C(=O)[C@H]2[C@H](C1=O)[C@@H]1C=C[C@@H]2CC1. The van der Waals surface area contributed by atoms with Crippen molar-refractivity contribution in [1.29, 1.82) is 0 Å². The van der Waals surface area contributed by atoms with E-state index in [1.54, 1.807) is 12.1 Å². The van der Waals surface area contributed by atoms with Crippen molar-refractivity contribution in [3.05, 3.63) is 40.9 Å². The van der Waals surface area contributed by atoms with Crippen molar-refractivity contribution in [1.82, 2.24) is 0 Å². The maximum Gasteiger partial charge on any atom is 0.238 e. The number of hydrogen-bond donors (Lipinski definition) is 0. The highest BCUT2D eigenvalue weighted by Crippen LogP contribution is 2.50. The van der Waals surface area contributed by atoms with Gasteiger partial charge in [0.15, 0.2) is 0 Å². The molecule has 4 atom stereocenters. The minimum atomic E-state index is -0.167. The molecule has 0 spiro atoms. The van der Waals surface area contributed by atoms with Crippen LogP contribution in [-0.4, -0.2) is 11.8 Å². The van der Waals surface area contributed by atoms with Crippen molar-refractivity contribution in [2.45, 2.75) is 19.8 Å². The molecule has 1 aliphatic heterocycles. The third kappa shape index (κ3) is 1.73. The lowest BCUT2D eigenvalue weighted by atomic mass is 9.63. The zero-order valence-electron chi connectivity index (χ0n) is 11.8. The number of carbonyl (C=O) groups excluding carboxylic acids is 2. The fourth-order valence-corrected chi connectivity index (χ4v) is 4.30. The lowest BCUT2D eigenvalue weighted by Crippen LogP contribution is -2.38. The molecule has 3 aliphatic carbocycles. The number of aryl methyl sites for hydroxylation is 1. The zero-order valence-corrected chi connectivity index (χ0v) is 12.5. The molecule has 4 aliphatic rings. The second-order valence-electron chi connectivity index (χ2n) is 6.28. The van der Waals surface area contributed by atoms with Gasteiger partial charge in [-0.3, -0.25) is 9.59 Å². The smallest absolute Gasteiger partial charge is 0.238 e. The van der Waals surface area contributed by atoms with E-state index in [9.17, 15) is 9.59 Å². The number of carbonyl (C=O) groups is 2. The molecule has 3 nitrogen and oxygen atoms in total. The molecule has 2 fully saturated rings. The Morgan fingerprint density at radius 2 is 1.62 bits per heavy atom. The van der Waals surface area contributed by atoms with Crippen LogP contribution in [-0.2, 0) is 9.59 Å². The van der Waals surface area contributed by atoms with E-state index in [0.29, 0.717) is 10.7 Å². The van der Waals surface area contributed by atoms with E-state index in [2.05, 4.69) is 12.2 Å². The van der Waals surface area contributed by atoms with Crippen molar-refractivity contribution < 1.29 is 9.59 Å². The molecule has 4 heteroatoms. The summed E-state index contributed by atoms with van der Waals surface area (Å²) in [6, 6.07) is 5.36. The van der Waals surface area contributed by atoms with Crippen LogP contribution in [0.5, 0.6) is 0 Å². The maximum absolute atomic E-state index is 12.8. The van der Waals surface area contributed by atoms with Gasteiger partial charge in [-0.05, 0) is 49.3 Å². The van der Waals surface area contributed by atoms with Crippen LogP contribution in [0, 0.1) is 30.6 Å². The summed E-state index contributed by atoms with van der Waals surface area (Å²) in [5.41, 5.74) is 1.55. The summed E-state index contributed by atoms with van der Waals surface area (Å²) in [6.07, 6.45) is 6.30. The van der Waals surface area contributed by atoms with Gasteiger partial charge in [-0.25, -0.2) is 4.90 Å². The third-order valence-corrected chi connectivity index (χ3v) is 5.41. The minimum Gasteiger partial charge on any atom is -0.274 e. The number of imide groups is 1. The van der Waals surface area contributed by atoms with E-state index >= 15 is 0 Å². The Morgan fingerprint density at radius 1 is 1.05 bits per heavy atom. The molecule has 1 heterocycles. The molecular formula is C17H16ClNO2. The highest BCUT2D eigenvalue weighted by Gasteiger charge is 2.57. The fourth-order valence-electron chi connectivity index (χ4n) is 4.14. The number of benzene rings is 1. The number of nitrogens with zero attached hydrogens (tertiary/aromatic N) is 1. The summed E-state index contributed by atoms with van der Waals surface area (Å²) in [5, 5.41) is 0.548. The van der Waals surface area contributed by atoms with Crippen LogP contribution in [0.25, 0.3) is 0 Å². The minimum absolute atomic E-state index is 0.0468. The van der Waals surface area contributed by atoms with Crippen molar-refractivity contribution in [3.63, 3.8) is 0 Å². The van der Waals surface area contributed by atoms with E-state index in [4.69, 9.17) is 11.6 Å². The zero-order chi connectivity index (χ0) is 14.7. The van der Waals surface area contributed by atoms with Gasteiger partial charge in [0.05, 0.1) is 17.5 Å². The first-order chi connectivity index (χ1) is 10.1. The summed E-state index contributed by atoms with van der Waals surface area (Å²) >= 11 is 6.05. The Hall–Kier alpha value is -1.61. The second kappa shape index (κ2) is 4.44. The van der Waals surface area contributed by atoms with Gasteiger partial charge < -0.3 is 0 Å². The van der Waals surface area contributed by atoms with Crippen LogP contribution in [0.2, 0.25) is 5.02 Å². The molecule has 0 radical (unpaired) electrons. The lowest BCUT2D eigenvalue weighted by molar-refractivity contribution is -0.124. The Kier molecular flexibility index (Phi) is 2.77. The molecule has 0 unspecified atom stereocenters. The first kappa shape index (κ1) is 13.1. The first-order valence-electron chi connectivity index (χ1n) is 7.40. The lowest BCUT2D eigenvalue weighted by Gasteiger charge is -2.38. The summed E-state index contributed by atoms with van der Waals surface area (Å²) in [5.74, 6) is 0.0185. The van der Waals surface area contributed by atoms with Crippen LogP contribution < -0.4 is 4.90 Å². The molecule has 0 N–H and O–H groups in total. The first-order valence-corrected chi connectivity index (χ1v) is 7.78. The van der Waals surface area contributed by atoms with Gasteiger partial charge in [-0.2, -0.15) is 0 Å². The standard InChI is InChI=1S/C17H16ClNO2/c1-9-2-7-12(18)8-13(9)19-16(20)14-10-3-4-11(6-5-10)15(14)17(19)21/h2-4,7-8,10-11,14-15H,5-6H2,1H3/t10-,11-,14-,15-/m1/s1. The van der Waals surface area contributed by atoms with E-state index in [-0.39, 0.29) is 35.5 Å². The van der Waals surface area contributed by atoms with Gasteiger partial charge in [0.25, 0.3) is 0 Å². The Morgan fingerprint density at radius 3 is 2.14 bits per heavy atom. The predicted octanol–water partition coefficient (Wildman–Crippen LogP) is 3.35. The van der Waals surface area contributed by atoms with Crippen molar-refractivity contribution in [2.75, 3.05) is 4.90 Å². The van der Waals surface area contributed by atoms with Gasteiger partial charge in [0.1, 0.15) is 0 Å². The highest BCUT2D eigenvalue weighted by molar-refractivity contribution is 6.31. The summed E-state index contributed by atoms with van der Waals surface area (Å²) < 4.78 is 0. The van der Waals surface area contributed by atoms with E-state index in [0.717, 1.165) is 18.4 Å². The van der Waals surface area contributed by atoms with Crippen molar-refractivity contribution in [3.8, 4) is 0 Å². The Balaban J connectivity index is 1.80. The van der Waals surface area contributed by atoms with Crippen molar-refractivity contribution >= 4 is 29.1 Å². The summed E-state index contributed by atoms with van der Waals surface area (Å²) in [6.45, 7) is 1.90. The topological polar surface area (TPSA) is 37.4 Å². The van der Waals surface area contributed by atoms with E-state index < -0.39 is 0 Å². The molecule has 5 rings (SSSR count). The van der Waals surface area contributed by atoms with Gasteiger partial charge in [0, 0.05) is 5.02 Å². The molecule has 21 heavy (non-hydrogen) atoms. The Labute approximate surface area is 128 Å². The quantitative estimate of drug-likeness (QED) is 0.589. The average Bonchev–Trinajstić information content (AvgIpc) is 2.77. The number of allylic oxidation sites excluding steroid dienone is 2. The normalized spacial score (nSPS) is 33.7. The number of anilines is 1. The Bertz CT molecular complexity index is 649. The molecule has 2 amide bonds. The summed E-state index contributed by atoms with van der Waals surface area (Å²) in [7, 11) is 0. The molecule has 1 saturated heterocycles. The van der Waals surface area contributed by atoms with Gasteiger partial charge in [0.2, 0.25) is 11.8 Å². The number of halogens is 1. The monoisotopic (exact) mass is 301 g/mol. The number of rotatable bonds is 1. The third-order valence-electron chi connectivity index (χ3n) is 5.17. The number of hydrogen-bond acceptors (Lipinski definition) is 2. The summed E-state index contributed by atoms with van der Waals surface area (Å²) in [4.78, 5) is 27.0. The van der Waals surface area contributed by atoms with Crippen LogP contribution in [0.4, 0.5) is 5.69 Å². The molecule has 1 saturated carbocycles. The highest BCUT2D eigenvalue weighted by atomic mass is 35.5. The fraction of sp³-hybridized carbons (Fsp3) is 0.412. The van der Waals surface area contributed by atoms with Gasteiger partial charge in [-0.1, -0.05) is 29.8 Å². The molecule has 1 aromatic rings. The molecule has 2 bridgehead atoms. The second-order valence-corrected chi connectivity index (χ2v) is 6.72. The molecular weight excluding hydrogens is 286 g/mol. The van der Waals surface area contributed by atoms with Gasteiger partial charge >= 0.3 is 0 Å². The van der Waals surface area contributed by atoms with Gasteiger partial charge in [-0.15, -0.1) is 0 Å². The molecule has 108 valence electrons. The van der Waals surface area contributed by atoms with Crippen LogP contribution in [0.15, 0.2) is 30.4 Å². The van der Waals surface area contributed by atoms with Crippen molar-refractivity contribution in [2.24, 2.45) is 23.7 Å². The maximum atomic E-state index is 12.8. The largest absolute Gasteiger partial charge is 0.274 e. The van der Waals surface area contributed by atoms with E-state index in [1.807, 2.05) is 13.0 Å². The van der Waals surface area contributed by atoms with Crippen LogP contribution in [0.3, 0.4) is 0 Å². The number of amides is 2. The predicted molar refractivity (Wildman–Crippen MR) is 81.0 cm³/mol. The molecule has 1 aromatic carbocycles. The van der Waals surface area contributed by atoms with Crippen LogP contribution in [0.1, 0.15) is 18.4 Å².